The first-order chi connectivity index (χ1) is 19.0. The fraction of sp³-hybridized carbons (Fsp3) is 0.481. The summed E-state index contributed by atoms with van der Waals surface area (Å²) in [5, 5.41) is 22.0. The molecule has 0 radical (unpaired) electrons. The van der Waals surface area contributed by atoms with Crippen LogP contribution in [0.5, 0.6) is 11.5 Å². The molecule has 2 heterocycles. The standard InChI is InChI=1S/C27H24F6INO6/c1-3-12-9-16-21(17-10-19(41-25(12,17)39)11-4-18(34)22(36)20(5-11)40-2)24(38)35(23(16)37)15-7-13(26(28,29)30)6-14(8-15)27(31,32)33/h4-8,12,16-17,19,21,36,39H,3,9-10H2,1-2H3/t12-,16-,17-,19-,21-,25+/m0/s1. The molecule has 6 atom stereocenters. The molecule has 14 heteroatoms. The van der Waals surface area contributed by atoms with Crippen LogP contribution in [-0.4, -0.2) is 34.9 Å². The molecule has 2 amide bonds. The number of imide groups is 1. The third-order valence-corrected chi connectivity index (χ3v) is 9.15. The SMILES string of the molecule is CC[C@H]1C[C@@H]2C(=O)N(c3cc(C(F)(F)F)cc(C(F)(F)F)c3)C(=O)[C@@H]2[C@@H]2C[C@@H](c3cc(I)c(O)c(OC)c3)O[C@]12O. The Hall–Kier alpha value is -2.59. The van der Waals surface area contributed by atoms with Gasteiger partial charge in [-0.3, -0.25) is 14.5 Å². The van der Waals surface area contributed by atoms with Crippen molar-refractivity contribution in [2.75, 3.05) is 12.0 Å². The smallest absolute Gasteiger partial charge is 0.416 e. The molecule has 2 aromatic rings. The predicted molar refractivity (Wildman–Crippen MR) is 139 cm³/mol. The van der Waals surface area contributed by atoms with Crippen LogP contribution in [0.15, 0.2) is 30.3 Å². The summed E-state index contributed by atoms with van der Waals surface area (Å²) in [5.41, 5.74) is -3.62. The number of alkyl halides is 6. The normalized spacial score (nSPS) is 30.0. The van der Waals surface area contributed by atoms with E-state index in [0.717, 1.165) is 0 Å². The summed E-state index contributed by atoms with van der Waals surface area (Å²) in [5.74, 6) is -7.71. The lowest BCUT2D eigenvalue weighted by Crippen LogP contribution is -2.53. The molecular weight excluding hydrogens is 675 g/mol. The number of phenols is 1. The predicted octanol–water partition coefficient (Wildman–Crippen LogP) is 6.04. The summed E-state index contributed by atoms with van der Waals surface area (Å²) in [6.45, 7) is 1.74. The van der Waals surface area contributed by atoms with Crippen molar-refractivity contribution in [2.24, 2.45) is 23.7 Å². The molecule has 7 nitrogen and oxygen atoms in total. The number of fused-ring (bicyclic) bond motifs is 3. The molecule has 2 aromatic carbocycles. The van der Waals surface area contributed by atoms with Gasteiger partial charge in [-0.2, -0.15) is 26.3 Å². The highest BCUT2D eigenvalue weighted by Gasteiger charge is 2.66. The van der Waals surface area contributed by atoms with Crippen LogP contribution in [0.2, 0.25) is 0 Å². The van der Waals surface area contributed by atoms with Gasteiger partial charge in [-0.05, 0) is 77.7 Å². The van der Waals surface area contributed by atoms with Crippen molar-refractivity contribution in [1.82, 2.24) is 0 Å². The van der Waals surface area contributed by atoms with E-state index in [0.29, 0.717) is 32.6 Å². The number of methoxy groups -OCH3 is 1. The van der Waals surface area contributed by atoms with E-state index < -0.39 is 76.5 Å². The van der Waals surface area contributed by atoms with E-state index in [1.807, 2.05) is 22.6 Å². The van der Waals surface area contributed by atoms with Crippen molar-refractivity contribution in [3.8, 4) is 11.5 Å². The third kappa shape index (κ3) is 4.84. The number of aromatic hydroxyl groups is 1. The fourth-order valence-electron chi connectivity index (χ4n) is 6.41. The summed E-state index contributed by atoms with van der Waals surface area (Å²) < 4.78 is 92.9. The van der Waals surface area contributed by atoms with Crippen LogP contribution in [0.25, 0.3) is 0 Å². The van der Waals surface area contributed by atoms with Crippen LogP contribution >= 0.6 is 22.6 Å². The van der Waals surface area contributed by atoms with Crippen molar-refractivity contribution in [2.45, 2.75) is 50.4 Å². The van der Waals surface area contributed by atoms with Crippen LogP contribution < -0.4 is 9.64 Å². The molecule has 0 unspecified atom stereocenters. The lowest BCUT2D eigenvalue weighted by Gasteiger charge is -2.44. The molecule has 3 fully saturated rings. The Bertz CT molecular complexity index is 1380. The Morgan fingerprint density at radius 1 is 1.02 bits per heavy atom. The van der Waals surface area contributed by atoms with E-state index in [-0.39, 0.29) is 30.4 Å². The summed E-state index contributed by atoms with van der Waals surface area (Å²) >= 11 is 1.88. The Morgan fingerprint density at radius 3 is 2.17 bits per heavy atom. The van der Waals surface area contributed by atoms with Crippen LogP contribution in [0.1, 0.15) is 49.0 Å². The number of rotatable bonds is 4. The van der Waals surface area contributed by atoms with Gasteiger partial charge in [-0.15, -0.1) is 0 Å². The third-order valence-electron chi connectivity index (χ3n) is 8.33. The number of halogens is 7. The molecule has 5 rings (SSSR count). The molecule has 0 aromatic heterocycles. The van der Waals surface area contributed by atoms with E-state index in [1.165, 1.54) is 13.2 Å². The molecule has 41 heavy (non-hydrogen) atoms. The first kappa shape index (κ1) is 29.9. The molecule has 3 aliphatic rings. The van der Waals surface area contributed by atoms with Gasteiger partial charge in [0.15, 0.2) is 17.3 Å². The molecule has 0 spiro atoms. The van der Waals surface area contributed by atoms with Crippen LogP contribution in [-0.2, 0) is 26.7 Å². The molecule has 2 saturated heterocycles. The lowest BCUT2D eigenvalue weighted by molar-refractivity contribution is -0.269. The number of hydrogen-bond donors (Lipinski definition) is 2. The van der Waals surface area contributed by atoms with Crippen LogP contribution in [0, 0.1) is 27.2 Å². The number of carbonyl (C=O) groups excluding carboxylic acids is 2. The monoisotopic (exact) mass is 699 g/mol. The van der Waals surface area contributed by atoms with Crippen LogP contribution in [0.3, 0.4) is 0 Å². The van der Waals surface area contributed by atoms with Gasteiger partial charge in [0.2, 0.25) is 11.8 Å². The molecular formula is C27H24F6INO6. The molecule has 1 saturated carbocycles. The van der Waals surface area contributed by atoms with Crippen molar-refractivity contribution in [3.05, 3.63) is 50.6 Å². The number of aliphatic hydroxyl groups is 1. The van der Waals surface area contributed by atoms with Gasteiger partial charge in [0.05, 0.1) is 45.4 Å². The summed E-state index contributed by atoms with van der Waals surface area (Å²) in [4.78, 5) is 27.6. The zero-order valence-electron chi connectivity index (χ0n) is 21.5. The molecule has 0 bridgehead atoms. The maximum atomic E-state index is 13.7. The van der Waals surface area contributed by atoms with E-state index in [2.05, 4.69) is 0 Å². The lowest BCUT2D eigenvalue weighted by atomic mass is 9.64. The quantitative estimate of drug-likeness (QED) is 0.230. The van der Waals surface area contributed by atoms with Gasteiger partial charge in [0, 0.05) is 11.8 Å². The second kappa shape index (κ2) is 10.0. The summed E-state index contributed by atoms with van der Waals surface area (Å²) in [6.07, 6.45) is -10.8. The largest absolute Gasteiger partial charge is 0.504 e. The highest BCUT2D eigenvalue weighted by molar-refractivity contribution is 14.1. The zero-order chi connectivity index (χ0) is 30.2. The topological polar surface area (TPSA) is 96.3 Å². The Labute approximate surface area is 243 Å². The van der Waals surface area contributed by atoms with Crippen molar-refractivity contribution >= 4 is 40.1 Å². The van der Waals surface area contributed by atoms with Gasteiger partial charge in [-0.25, -0.2) is 0 Å². The highest BCUT2D eigenvalue weighted by Crippen LogP contribution is 2.59. The minimum absolute atomic E-state index is 0.0292. The maximum absolute atomic E-state index is 13.7. The average Bonchev–Trinajstić information content (AvgIpc) is 3.37. The second-order valence-corrected chi connectivity index (χ2v) is 11.7. The number of phenolic OH excluding ortho intramolecular Hbond substituents is 1. The molecule has 2 aliphatic heterocycles. The van der Waals surface area contributed by atoms with E-state index in [4.69, 9.17) is 9.47 Å². The molecule has 1 aliphatic carbocycles. The van der Waals surface area contributed by atoms with Crippen molar-refractivity contribution < 1.29 is 55.6 Å². The number of amides is 2. The summed E-state index contributed by atoms with van der Waals surface area (Å²) in [6, 6.07) is 3.75. The molecule has 222 valence electrons. The number of ether oxygens (including phenoxy) is 2. The number of carbonyl (C=O) groups is 2. The van der Waals surface area contributed by atoms with E-state index >= 15 is 0 Å². The van der Waals surface area contributed by atoms with E-state index in [1.54, 1.807) is 13.0 Å². The zero-order valence-corrected chi connectivity index (χ0v) is 23.7. The van der Waals surface area contributed by atoms with Crippen LogP contribution in [0.4, 0.5) is 32.0 Å². The minimum Gasteiger partial charge on any atom is -0.504 e. The van der Waals surface area contributed by atoms with Crippen molar-refractivity contribution in [3.63, 3.8) is 0 Å². The van der Waals surface area contributed by atoms with Gasteiger partial charge in [0.25, 0.3) is 0 Å². The van der Waals surface area contributed by atoms with Gasteiger partial charge in [-0.1, -0.05) is 6.92 Å². The highest BCUT2D eigenvalue weighted by atomic mass is 127. The number of benzene rings is 2. The Balaban J connectivity index is 1.56. The second-order valence-electron chi connectivity index (χ2n) is 10.5. The number of nitrogens with zero attached hydrogens (tertiary/aromatic N) is 1. The fourth-order valence-corrected chi connectivity index (χ4v) is 7.04. The number of hydrogen-bond acceptors (Lipinski definition) is 6. The first-order valence-electron chi connectivity index (χ1n) is 12.6. The Morgan fingerprint density at radius 2 is 1.63 bits per heavy atom. The van der Waals surface area contributed by atoms with Gasteiger partial charge >= 0.3 is 12.4 Å². The average molecular weight is 699 g/mol. The number of anilines is 1. The van der Waals surface area contributed by atoms with E-state index in [9.17, 15) is 46.1 Å². The Kier molecular flexibility index (Phi) is 7.29. The van der Waals surface area contributed by atoms with Crippen molar-refractivity contribution in [1.29, 1.82) is 0 Å². The van der Waals surface area contributed by atoms with Gasteiger partial charge in [0.1, 0.15) is 0 Å². The minimum atomic E-state index is -5.17. The first-order valence-corrected chi connectivity index (χ1v) is 13.7. The van der Waals surface area contributed by atoms with Gasteiger partial charge < -0.3 is 19.7 Å². The summed E-state index contributed by atoms with van der Waals surface area (Å²) in [7, 11) is 1.35. The maximum Gasteiger partial charge on any atom is 0.416 e. The molecule has 2 N–H and O–H groups in total.